The molecule has 0 amide bonds. The molecule has 6 nitrogen and oxygen atoms in total. The van der Waals surface area contributed by atoms with Crippen LogP contribution in [0.3, 0.4) is 0 Å². The average molecular weight is 407 g/mol. The zero-order valence-electron chi connectivity index (χ0n) is 16.5. The van der Waals surface area contributed by atoms with Gasteiger partial charge >= 0.3 is 7.32 Å². The molecule has 6 aromatic rings. The van der Waals surface area contributed by atoms with E-state index in [0.717, 1.165) is 32.7 Å². The third-order valence-corrected chi connectivity index (χ3v) is 5.29. The molecular weight excluding hydrogens is 389 g/mol. The van der Waals surface area contributed by atoms with Gasteiger partial charge in [-0.3, -0.25) is 0 Å². The van der Waals surface area contributed by atoms with Gasteiger partial charge in [-0.05, 0) is 36.4 Å². The largest absolute Gasteiger partial charge is 0.926 e. The summed E-state index contributed by atoms with van der Waals surface area (Å²) in [5, 5.41) is 3.21. The van der Waals surface area contributed by atoms with Crippen molar-refractivity contribution in [2.45, 2.75) is 0 Å². The van der Waals surface area contributed by atoms with Crippen molar-refractivity contribution < 1.29 is 14.3 Å². The van der Waals surface area contributed by atoms with Crippen molar-refractivity contribution in [1.82, 2.24) is 14.2 Å². The zero-order chi connectivity index (χ0) is 20.6. The van der Waals surface area contributed by atoms with Gasteiger partial charge in [0.15, 0.2) is 0 Å². The maximum absolute atomic E-state index is 6.14. The molecule has 0 spiro atoms. The maximum atomic E-state index is 6.14. The third kappa shape index (κ3) is 3.16. The first-order valence-electron chi connectivity index (χ1n) is 10.0. The zero-order valence-corrected chi connectivity index (χ0v) is 16.5. The summed E-state index contributed by atoms with van der Waals surface area (Å²) in [6.45, 7) is 0. The molecule has 0 aliphatic heterocycles. The second-order valence-electron chi connectivity index (χ2n) is 7.21. The van der Waals surface area contributed by atoms with Crippen LogP contribution in [0.4, 0.5) is 0 Å². The lowest BCUT2D eigenvalue weighted by molar-refractivity contribution is 0.0794. The Balaban J connectivity index is 1.37. The molecule has 3 heterocycles. The molecule has 0 atom stereocenters. The molecular formula is C24H18BN3O3. The molecule has 0 saturated heterocycles. The summed E-state index contributed by atoms with van der Waals surface area (Å²) >= 11 is 0. The number of hydrogen-bond acceptors (Lipinski definition) is 3. The predicted molar refractivity (Wildman–Crippen MR) is 121 cm³/mol. The molecule has 31 heavy (non-hydrogen) atoms. The Morgan fingerprint density at radius 3 is 1.10 bits per heavy atom. The Bertz CT molecular complexity index is 1320. The van der Waals surface area contributed by atoms with Gasteiger partial charge in [0.25, 0.3) is 0 Å². The molecule has 3 aromatic heterocycles. The number of fused-ring (bicyclic) bond motifs is 3. The van der Waals surface area contributed by atoms with Gasteiger partial charge in [-0.1, -0.05) is 54.6 Å². The molecule has 0 bridgehead atoms. The number of rotatable bonds is 6. The van der Waals surface area contributed by atoms with E-state index in [0.29, 0.717) is 0 Å². The Kier molecular flexibility index (Phi) is 4.09. The smallest absolute Gasteiger partial charge is 0.396 e. The van der Waals surface area contributed by atoms with Crippen LogP contribution in [0.15, 0.2) is 110 Å². The minimum Gasteiger partial charge on any atom is -0.396 e. The quantitative estimate of drug-likeness (QED) is 0.389. The van der Waals surface area contributed by atoms with Crippen LogP contribution < -0.4 is 14.3 Å². The van der Waals surface area contributed by atoms with Crippen LogP contribution >= 0.6 is 0 Å². The average Bonchev–Trinajstić information content (AvgIpc) is 3.52. The van der Waals surface area contributed by atoms with Gasteiger partial charge in [0.1, 0.15) is 0 Å². The first-order chi connectivity index (χ1) is 15.3. The maximum Gasteiger partial charge on any atom is 0.926 e. The molecule has 0 aliphatic carbocycles. The van der Waals surface area contributed by atoms with Gasteiger partial charge in [-0.15, -0.1) is 0 Å². The van der Waals surface area contributed by atoms with Crippen LogP contribution in [0.2, 0.25) is 0 Å². The van der Waals surface area contributed by atoms with Gasteiger partial charge in [-0.2, -0.15) is 0 Å². The predicted octanol–water partition coefficient (Wildman–Crippen LogP) is 4.22. The molecule has 7 heteroatoms. The van der Waals surface area contributed by atoms with E-state index < -0.39 is 7.32 Å². The van der Waals surface area contributed by atoms with Crippen molar-refractivity contribution in [3.05, 3.63) is 110 Å². The van der Waals surface area contributed by atoms with Gasteiger partial charge in [-0.25, -0.2) is 14.2 Å². The van der Waals surface area contributed by atoms with Gasteiger partial charge in [0, 0.05) is 34.7 Å². The summed E-state index contributed by atoms with van der Waals surface area (Å²) in [5.41, 5.74) is 2.78. The lowest BCUT2D eigenvalue weighted by Gasteiger charge is -2.18. The standard InChI is InChI=1S/C24H18BN3O3/c1-4-10-22-19(7-1)13-16-26(22)29-25(30-27-17-14-20-8-2-5-11-23(20)27)31-28-18-15-21-9-3-6-12-24(21)28/h1-18H. The van der Waals surface area contributed by atoms with E-state index in [9.17, 15) is 0 Å². The normalized spacial score (nSPS) is 11.2. The summed E-state index contributed by atoms with van der Waals surface area (Å²) in [5.74, 6) is 0. The summed E-state index contributed by atoms with van der Waals surface area (Å²) in [7, 11) is -1.05. The molecule has 0 saturated carbocycles. The number of benzene rings is 3. The van der Waals surface area contributed by atoms with Crippen molar-refractivity contribution in [1.29, 1.82) is 0 Å². The van der Waals surface area contributed by atoms with Gasteiger partial charge in [0.05, 0.1) is 16.6 Å². The molecule has 3 aromatic carbocycles. The van der Waals surface area contributed by atoms with Crippen LogP contribution in [0.25, 0.3) is 32.7 Å². The SMILES string of the molecule is c1ccc2c(c1)ccn2OB(On1ccc2ccccc21)On1ccc2ccccc21. The highest BCUT2D eigenvalue weighted by Gasteiger charge is 2.34. The molecule has 150 valence electrons. The van der Waals surface area contributed by atoms with Crippen LogP contribution in [0.5, 0.6) is 0 Å². The van der Waals surface area contributed by atoms with Crippen molar-refractivity contribution in [2.24, 2.45) is 0 Å². The number of nitrogens with zero attached hydrogens (tertiary/aromatic N) is 3. The summed E-state index contributed by atoms with van der Waals surface area (Å²) < 4.78 is 23.4. The molecule has 0 unspecified atom stereocenters. The molecule has 0 aliphatic rings. The lowest BCUT2D eigenvalue weighted by Crippen LogP contribution is -2.48. The highest BCUT2D eigenvalue weighted by Crippen LogP contribution is 2.17. The fraction of sp³-hybridized carbons (Fsp3) is 0. The number of para-hydroxylation sites is 3. The Morgan fingerprint density at radius 2 is 0.742 bits per heavy atom. The number of aromatic nitrogens is 3. The van der Waals surface area contributed by atoms with Crippen LogP contribution in [-0.2, 0) is 0 Å². The topological polar surface area (TPSA) is 42.5 Å². The summed E-state index contributed by atoms with van der Waals surface area (Å²) in [6.07, 6.45) is 5.56. The summed E-state index contributed by atoms with van der Waals surface area (Å²) in [4.78, 5) is 0. The first kappa shape index (κ1) is 17.6. The van der Waals surface area contributed by atoms with E-state index in [1.807, 2.05) is 110 Å². The summed E-state index contributed by atoms with van der Waals surface area (Å²) in [6, 6.07) is 29.9. The van der Waals surface area contributed by atoms with Crippen molar-refractivity contribution in [2.75, 3.05) is 0 Å². The number of hydrogen-bond donors (Lipinski definition) is 0. The molecule has 0 N–H and O–H groups in total. The van der Waals surface area contributed by atoms with Crippen molar-refractivity contribution in [3.8, 4) is 0 Å². The van der Waals surface area contributed by atoms with Crippen molar-refractivity contribution in [3.63, 3.8) is 0 Å². The first-order valence-corrected chi connectivity index (χ1v) is 10.0. The van der Waals surface area contributed by atoms with E-state index in [4.69, 9.17) is 14.3 Å². The fourth-order valence-corrected chi connectivity index (χ4v) is 3.78. The van der Waals surface area contributed by atoms with Crippen LogP contribution in [0, 0.1) is 0 Å². The highest BCUT2D eigenvalue weighted by molar-refractivity contribution is 6.37. The van der Waals surface area contributed by atoms with E-state index in [1.54, 1.807) is 14.2 Å². The highest BCUT2D eigenvalue weighted by atomic mass is 16.9. The second kappa shape index (κ2) is 7.21. The van der Waals surface area contributed by atoms with E-state index >= 15 is 0 Å². The van der Waals surface area contributed by atoms with Gasteiger partial charge in [0.2, 0.25) is 0 Å². The Hall–Kier alpha value is -4.26. The lowest BCUT2D eigenvalue weighted by atomic mass is 10.2. The van der Waals surface area contributed by atoms with E-state index in [1.165, 1.54) is 0 Å². The fourth-order valence-electron chi connectivity index (χ4n) is 3.78. The molecule has 0 radical (unpaired) electrons. The van der Waals surface area contributed by atoms with E-state index in [-0.39, 0.29) is 0 Å². The third-order valence-electron chi connectivity index (χ3n) is 5.29. The van der Waals surface area contributed by atoms with Crippen molar-refractivity contribution >= 4 is 40.0 Å². The monoisotopic (exact) mass is 407 g/mol. The minimum atomic E-state index is -1.05. The van der Waals surface area contributed by atoms with Crippen LogP contribution in [0.1, 0.15) is 0 Å². The minimum absolute atomic E-state index is 0.925. The Morgan fingerprint density at radius 1 is 0.419 bits per heavy atom. The van der Waals surface area contributed by atoms with Crippen LogP contribution in [-0.4, -0.2) is 21.5 Å². The molecule has 0 fully saturated rings. The van der Waals surface area contributed by atoms with Gasteiger partial charge < -0.3 is 14.3 Å². The van der Waals surface area contributed by atoms with E-state index in [2.05, 4.69) is 0 Å². The second-order valence-corrected chi connectivity index (χ2v) is 7.21. The molecule has 6 rings (SSSR count). The Labute approximate surface area is 178 Å².